The van der Waals surface area contributed by atoms with E-state index in [4.69, 9.17) is 4.74 Å². The first-order chi connectivity index (χ1) is 12.1. The highest BCUT2D eigenvalue weighted by Crippen LogP contribution is 2.31. The number of benzene rings is 2. The van der Waals surface area contributed by atoms with Gasteiger partial charge in [-0.25, -0.2) is 4.98 Å². The fraction of sp³-hybridized carbons (Fsp3) is 0.211. The minimum atomic E-state index is -0.228. The molecule has 25 heavy (non-hydrogen) atoms. The van der Waals surface area contributed by atoms with Crippen LogP contribution in [-0.2, 0) is 6.54 Å². The maximum absolute atomic E-state index is 12.5. The Bertz CT molecular complexity index is 844. The Kier molecular flexibility index (Phi) is 5.09. The predicted octanol–water partition coefficient (Wildman–Crippen LogP) is 3.65. The Morgan fingerprint density at radius 1 is 1.12 bits per heavy atom. The number of hydrogen-bond acceptors (Lipinski definition) is 4. The third-order valence-corrected chi connectivity index (χ3v) is 3.77. The molecule has 0 bridgehead atoms. The highest BCUT2D eigenvalue weighted by Gasteiger charge is 2.15. The van der Waals surface area contributed by atoms with E-state index in [1.165, 1.54) is 6.33 Å². The molecule has 0 saturated carbocycles. The van der Waals surface area contributed by atoms with E-state index < -0.39 is 0 Å². The van der Waals surface area contributed by atoms with Gasteiger partial charge in [0.05, 0.1) is 12.1 Å². The fourth-order valence-electron chi connectivity index (χ4n) is 2.49. The summed E-state index contributed by atoms with van der Waals surface area (Å²) in [5.41, 5.74) is 1.57. The molecule has 2 N–H and O–H groups in total. The van der Waals surface area contributed by atoms with Crippen LogP contribution in [0.1, 0.15) is 41.5 Å². The summed E-state index contributed by atoms with van der Waals surface area (Å²) in [7, 11) is 0. The first-order valence-electron chi connectivity index (χ1n) is 8.13. The zero-order valence-corrected chi connectivity index (χ0v) is 14.2. The number of para-hydroxylation sites is 2. The summed E-state index contributed by atoms with van der Waals surface area (Å²) >= 11 is 0. The Labute approximate surface area is 146 Å². The largest absolute Gasteiger partial charge is 0.456 e. The molecule has 0 saturated heterocycles. The van der Waals surface area contributed by atoms with Crippen molar-refractivity contribution in [2.45, 2.75) is 26.3 Å². The van der Waals surface area contributed by atoms with Crippen molar-refractivity contribution in [1.29, 1.82) is 0 Å². The number of carbonyl (C=O) groups is 1. The molecule has 0 aliphatic heterocycles. The highest BCUT2D eigenvalue weighted by molar-refractivity contribution is 5.96. The summed E-state index contributed by atoms with van der Waals surface area (Å²) in [6, 6.07) is 15.0. The maximum atomic E-state index is 12.5. The van der Waals surface area contributed by atoms with Crippen LogP contribution < -0.4 is 10.1 Å². The van der Waals surface area contributed by atoms with Gasteiger partial charge in [-0.1, -0.05) is 44.2 Å². The number of nitrogens with one attached hydrogen (secondary N) is 2. The smallest absolute Gasteiger partial charge is 0.255 e. The second-order valence-corrected chi connectivity index (χ2v) is 5.91. The van der Waals surface area contributed by atoms with Gasteiger partial charge in [-0.3, -0.25) is 9.89 Å². The second kappa shape index (κ2) is 7.61. The molecule has 1 amide bonds. The van der Waals surface area contributed by atoms with E-state index in [2.05, 4.69) is 34.3 Å². The number of H-pyrrole nitrogens is 1. The number of aromatic nitrogens is 3. The van der Waals surface area contributed by atoms with E-state index in [1.807, 2.05) is 36.4 Å². The van der Waals surface area contributed by atoms with E-state index in [0.29, 0.717) is 23.1 Å². The number of amides is 1. The summed E-state index contributed by atoms with van der Waals surface area (Å²) in [4.78, 5) is 16.5. The molecule has 1 aromatic heterocycles. The van der Waals surface area contributed by atoms with E-state index in [-0.39, 0.29) is 12.5 Å². The van der Waals surface area contributed by atoms with Crippen LogP contribution in [0.5, 0.6) is 11.5 Å². The SMILES string of the molecule is CC(C)c1ccccc1Oc1ccccc1C(=O)NCc1ncn[nH]1. The molecule has 0 unspecified atom stereocenters. The standard InChI is InChI=1S/C19H20N4O2/c1-13(2)14-7-3-5-9-16(14)25-17-10-6-4-8-15(17)19(24)20-11-18-21-12-22-23-18/h3-10,12-13H,11H2,1-2H3,(H,20,24)(H,21,22,23). The molecule has 128 valence electrons. The number of ether oxygens (including phenoxy) is 1. The van der Waals surface area contributed by atoms with Crippen LogP contribution >= 0.6 is 0 Å². The predicted molar refractivity (Wildman–Crippen MR) is 94.6 cm³/mol. The summed E-state index contributed by atoms with van der Waals surface area (Å²) in [5, 5.41) is 9.28. The Morgan fingerprint density at radius 3 is 2.56 bits per heavy atom. The zero-order chi connectivity index (χ0) is 17.6. The molecule has 0 atom stereocenters. The number of rotatable bonds is 6. The zero-order valence-electron chi connectivity index (χ0n) is 14.2. The first-order valence-corrected chi connectivity index (χ1v) is 8.13. The van der Waals surface area contributed by atoms with Gasteiger partial charge in [0, 0.05) is 0 Å². The summed E-state index contributed by atoms with van der Waals surface area (Å²) in [6.45, 7) is 4.49. The molecular formula is C19H20N4O2. The van der Waals surface area contributed by atoms with Crippen LogP contribution in [0.15, 0.2) is 54.9 Å². The van der Waals surface area contributed by atoms with Gasteiger partial charge in [-0.2, -0.15) is 5.10 Å². The molecule has 0 radical (unpaired) electrons. The Hall–Kier alpha value is -3.15. The van der Waals surface area contributed by atoms with Gasteiger partial charge in [0.25, 0.3) is 5.91 Å². The van der Waals surface area contributed by atoms with Crippen molar-refractivity contribution in [3.8, 4) is 11.5 Å². The minimum Gasteiger partial charge on any atom is -0.456 e. The lowest BCUT2D eigenvalue weighted by Gasteiger charge is -2.15. The van der Waals surface area contributed by atoms with Gasteiger partial charge >= 0.3 is 0 Å². The van der Waals surface area contributed by atoms with Gasteiger partial charge in [0.15, 0.2) is 0 Å². The lowest BCUT2D eigenvalue weighted by molar-refractivity contribution is 0.0947. The molecule has 0 fully saturated rings. The molecular weight excluding hydrogens is 316 g/mol. The fourth-order valence-corrected chi connectivity index (χ4v) is 2.49. The molecule has 0 aliphatic carbocycles. The summed E-state index contributed by atoms with van der Waals surface area (Å²) in [5.74, 6) is 1.97. The molecule has 0 spiro atoms. The topological polar surface area (TPSA) is 79.9 Å². The van der Waals surface area contributed by atoms with E-state index >= 15 is 0 Å². The molecule has 6 heteroatoms. The lowest BCUT2D eigenvalue weighted by Crippen LogP contribution is -2.23. The van der Waals surface area contributed by atoms with Crippen molar-refractivity contribution in [3.63, 3.8) is 0 Å². The van der Waals surface area contributed by atoms with Crippen LogP contribution in [-0.4, -0.2) is 21.1 Å². The van der Waals surface area contributed by atoms with Gasteiger partial charge in [-0.05, 0) is 29.7 Å². The van der Waals surface area contributed by atoms with E-state index in [9.17, 15) is 4.79 Å². The first kappa shape index (κ1) is 16.7. The van der Waals surface area contributed by atoms with Crippen molar-refractivity contribution in [3.05, 3.63) is 71.8 Å². The van der Waals surface area contributed by atoms with Gasteiger partial charge in [0.2, 0.25) is 0 Å². The monoisotopic (exact) mass is 336 g/mol. The number of nitrogens with zero attached hydrogens (tertiary/aromatic N) is 2. The van der Waals surface area contributed by atoms with E-state index in [1.54, 1.807) is 12.1 Å². The van der Waals surface area contributed by atoms with Gasteiger partial charge in [-0.15, -0.1) is 0 Å². The average Bonchev–Trinajstić information content (AvgIpc) is 3.14. The highest BCUT2D eigenvalue weighted by atomic mass is 16.5. The molecule has 2 aromatic carbocycles. The Balaban J connectivity index is 1.80. The maximum Gasteiger partial charge on any atom is 0.255 e. The third-order valence-electron chi connectivity index (χ3n) is 3.77. The molecule has 3 aromatic rings. The quantitative estimate of drug-likeness (QED) is 0.720. The molecule has 0 aliphatic rings. The van der Waals surface area contributed by atoms with Crippen LogP contribution in [0, 0.1) is 0 Å². The van der Waals surface area contributed by atoms with Crippen molar-refractivity contribution in [2.75, 3.05) is 0 Å². The van der Waals surface area contributed by atoms with Crippen molar-refractivity contribution >= 4 is 5.91 Å². The van der Waals surface area contributed by atoms with E-state index in [0.717, 1.165) is 11.3 Å². The molecule has 3 rings (SSSR count). The van der Waals surface area contributed by atoms with Crippen LogP contribution in [0.25, 0.3) is 0 Å². The average molecular weight is 336 g/mol. The van der Waals surface area contributed by atoms with Crippen LogP contribution in [0.4, 0.5) is 0 Å². The van der Waals surface area contributed by atoms with Crippen LogP contribution in [0.3, 0.4) is 0 Å². The van der Waals surface area contributed by atoms with Gasteiger partial charge in [0.1, 0.15) is 23.7 Å². The lowest BCUT2D eigenvalue weighted by atomic mass is 10.0. The van der Waals surface area contributed by atoms with Crippen LogP contribution in [0.2, 0.25) is 0 Å². The number of carbonyl (C=O) groups excluding carboxylic acids is 1. The molecule has 1 heterocycles. The number of hydrogen-bond donors (Lipinski definition) is 2. The summed E-state index contributed by atoms with van der Waals surface area (Å²) < 4.78 is 6.06. The number of aromatic amines is 1. The molecule has 6 nitrogen and oxygen atoms in total. The second-order valence-electron chi connectivity index (χ2n) is 5.91. The minimum absolute atomic E-state index is 0.228. The van der Waals surface area contributed by atoms with Crippen molar-refractivity contribution < 1.29 is 9.53 Å². The third kappa shape index (κ3) is 4.03. The van der Waals surface area contributed by atoms with Crippen molar-refractivity contribution in [2.24, 2.45) is 0 Å². The Morgan fingerprint density at radius 2 is 1.84 bits per heavy atom. The van der Waals surface area contributed by atoms with Gasteiger partial charge < -0.3 is 10.1 Å². The normalized spacial score (nSPS) is 10.7. The summed E-state index contributed by atoms with van der Waals surface area (Å²) in [6.07, 6.45) is 1.40. The van der Waals surface area contributed by atoms with Crippen molar-refractivity contribution in [1.82, 2.24) is 20.5 Å².